The lowest BCUT2D eigenvalue weighted by molar-refractivity contribution is -0.147. The highest BCUT2D eigenvalue weighted by Gasteiger charge is 2.38. The number of hydrogen-bond acceptors (Lipinski definition) is 4. The predicted molar refractivity (Wildman–Crippen MR) is 110 cm³/mol. The molecule has 1 saturated carbocycles. The van der Waals surface area contributed by atoms with Crippen molar-refractivity contribution in [3.05, 3.63) is 35.9 Å². The number of hydrogen-bond donors (Lipinski definition) is 0. The van der Waals surface area contributed by atoms with E-state index < -0.39 is 0 Å². The van der Waals surface area contributed by atoms with E-state index in [1.165, 1.54) is 12.0 Å². The van der Waals surface area contributed by atoms with Crippen LogP contribution in [0, 0.1) is 5.92 Å². The number of carbonyl (C=O) groups is 2. The average Bonchev–Trinajstić information content (AvgIpc) is 3.21. The molecule has 1 aromatic carbocycles. The molecule has 4 nitrogen and oxygen atoms in total. The van der Waals surface area contributed by atoms with Crippen LogP contribution in [0.4, 0.5) is 0 Å². The van der Waals surface area contributed by atoms with E-state index in [0.29, 0.717) is 18.2 Å². The van der Waals surface area contributed by atoms with E-state index in [-0.39, 0.29) is 23.7 Å². The maximum absolute atomic E-state index is 12.7. The quantitative estimate of drug-likeness (QED) is 0.401. The van der Waals surface area contributed by atoms with Gasteiger partial charge in [-0.05, 0) is 56.3 Å². The fraction of sp³-hybridized carbons (Fsp3) is 0.591. The summed E-state index contributed by atoms with van der Waals surface area (Å²) >= 11 is 5.46. The third-order valence-electron chi connectivity index (χ3n) is 5.67. The summed E-state index contributed by atoms with van der Waals surface area (Å²) in [5, 5.41) is 0.463. The molecule has 0 aromatic heterocycles. The average molecular weight is 388 g/mol. The minimum absolute atomic E-state index is 0.0899. The van der Waals surface area contributed by atoms with E-state index in [2.05, 4.69) is 12.1 Å². The summed E-state index contributed by atoms with van der Waals surface area (Å²) in [5.74, 6) is -0.652. The van der Waals surface area contributed by atoms with Gasteiger partial charge in [-0.25, -0.2) is 0 Å². The van der Waals surface area contributed by atoms with Gasteiger partial charge in [0, 0.05) is 12.5 Å². The predicted octanol–water partition coefficient (Wildman–Crippen LogP) is 4.10. The van der Waals surface area contributed by atoms with Crippen LogP contribution in [0.2, 0.25) is 0 Å². The fourth-order valence-electron chi connectivity index (χ4n) is 4.13. The molecule has 0 unspecified atom stereocenters. The van der Waals surface area contributed by atoms with Gasteiger partial charge in [0.25, 0.3) is 5.91 Å². The highest BCUT2D eigenvalue weighted by molar-refractivity contribution is 7.80. The Labute approximate surface area is 167 Å². The molecule has 0 spiro atoms. The lowest BCUT2D eigenvalue weighted by Crippen LogP contribution is -2.46. The van der Waals surface area contributed by atoms with Gasteiger partial charge in [0.2, 0.25) is 5.78 Å². The molecule has 2 fully saturated rings. The Hall–Kier alpha value is -1.75. The Bertz CT molecular complexity index is 655. The number of ether oxygens (including phenoxy) is 1. The lowest BCUT2D eigenvalue weighted by Gasteiger charge is -2.27. The highest BCUT2D eigenvalue weighted by atomic mass is 32.1. The van der Waals surface area contributed by atoms with E-state index in [1.807, 2.05) is 18.2 Å². The third kappa shape index (κ3) is 5.38. The van der Waals surface area contributed by atoms with Gasteiger partial charge in [0.05, 0.1) is 6.61 Å². The number of likely N-dealkylation sites (tertiary alicyclic amines) is 1. The van der Waals surface area contributed by atoms with Gasteiger partial charge in [-0.2, -0.15) is 0 Å². The molecule has 1 aliphatic carbocycles. The number of carbonyl (C=O) groups excluding carboxylic acids is 2. The Morgan fingerprint density at radius 2 is 1.78 bits per heavy atom. The highest BCUT2D eigenvalue weighted by Crippen LogP contribution is 2.27. The Morgan fingerprint density at radius 3 is 2.52 bits per heavy atom. The van der Waals surface area contributed by atoms with Crippen LogP contribution in [0.5, 0.6) is 0 Å². The number of nitrogens with zero attached hydrogens (tertiary/aromatic N) is 1. The summed E-state index contributed by atoms with van der Waals surface area (Å²) in [5.41, 5.74) is 1.28. The Balaban J connectivity index is 1.47. The van der Waals surface area contributed by atoms with Crippen LogP contribution < -0.4 is 0 Å². The monoisotopic (exact) mass is 387 g/mol. The molecule has 1 saturated heterocycles. The van der Waals surface area contributed by atoms with E-state index in [1.54, 1.807) is 4.90 Å². The van der Waals surface area contributed by atoms with Crippen molar-refractivity contribution in [1.29, 1.82) is 0 Å². The molecule has 1 heterocycles. The van der Waals surface area contributed by atoms with Gasteiger partial charge in [-0.3, -0.25) is 9.59 Å². The first-order chi connectivity index (χ1) is 13.2. The first kappa shape index (κ1) is 20.0. The minimum atomic E-state index is -0.348. The van der Waals surface area contributed by atoms with Crippen molar-refractivity contribution >= 4 is 29.0 Å². The van der Waals surface area contributed by atoms with Crippen LogP contribution >= 0.6 is 12.2 Å². The largest absolute Gasteiger partial charge is 0.485 e. The van der Waals surface area contributed by atoms with Gasteiger partial charge in [0.15, 0.2) is 5.05 Å². The van der Waals surface area contributed by atoms with E-state index in [0.717, 1.165) is 51.4 Å². The van der Waals surface area contributed by atoms with Gasteiger partial charge < -0.3 is 9.64 Å². The third-order valence-corrected chi connectivity index (χ3v) is 6.06. The molecule has 1 aliphatic heterocycles. The van der Waals surface area contributed by atoms with E-state index in [9.17, 15) is 9.59 Å². The maximum atomic E-state index is 12.7. The van der Waals surface area contributed by atoms with Gasteiger partial charge in [0.1, 0.15) is 6.04 Å². The van der Waals surface area contributed by atoms with Crippen LogP contribution in [0.1, 0.15) is 56.9 Å². The molecule has 0 bridgehead atoms. The number of aryl methyl sites for hydroxylation is 1. The van der Waals surface area contributed by atoms with E-state index in [4.69, 9.17) is 17.0 Å². The Kier molecular flexibility index (Phi) is 7.39. The summed E-state index contributed by atoms with van der Waals surface area (Å²) in [7, 11) is 0. The number of benzene rings is 1. The van der Waals surface area contributed by atoms with Crippen LogP contribution in [-0.4, -0.2) is 40.8 Å². The molecule has 5 heteroatoms. The smallest absolute Gasteiger partial charge is 0.290 e. The van der Waals surface area contributed by atoms with Crippen molar-refractivity contribution in [2.45, 2.75) is 63.8 Å². The number of thiocarbonyl (C=S) groups is 1. The van der Waals surface area contributed by atoms with Crippen LogP contribution in [0.15, 0.2) is 30.3 Å². The molecular formula is C22H29NO3S. The van der Waals surface area contributed by atoms with E-state index >= 15 is 0 Å². The summed E-state index contributed by atoms with van der Waals surface area (Å²) in [6.07, 6.45) is 8.47. The number of Topliss-reactive ketones (excluding diaryl/α,β-unsaturated/α-hetero) is 1. The molecule has 3 rings (SSSR count). The second-order valence-corrected chi connectivity index (χ2v) is 8.01. The number of rotatable bonds is 7. The maximum Gasteiger partial charge on any atom is 0.290 e. The van der Waals surface area contributed by atoms with Gasteiger partial charge in [-0.15, -0.1) is 0 Å². The zero-order valence-electron chi connectivity index (χ0n) is 15.9. The summed E-state index contributed by atoms with van der Waals surface area (Å²) in [6.45, 7) is 1.15. The normalized spacial score (nSPS) is 20.4. The van der Waals surface area contributed by atoms with Crippen LogP contribution in [-0.2, 0) is 20.7 Å². The first-order valence-corrected chi connectivity index (χ1v) is 10.6. The molecule has 2 aliphatic rings. The molecule has 1 amide bonds. The number of ketones is 1. The second kappa shape index (κ2) is 9.98. The summed E-state index contributed by atoms with van der Waals surface area (Å²) < 4.78 is 5.78. The van der Waals surface area contributed by atoms with Gasteiger partial charge >= 0.3 is 0 Å². The van der Waals surface area contributed by atoms with Crippen molar-refractivity contribution in [1.82, 2.24) is 4.90 Å². The van der Waals surface area contributed by atoms with Crippen molar-refractivity contribution in [2.24, 2.45) is 5.92 Å². The minimum Gasteiger partial charge on any atom is -0.485 e. The lowest BCUT2D eigenvalue weighted by atomic mass is 9.86. The second-order valence-electron chi connectivity index (χ2n) is 7.61. The zero-order valence-corrected chi connectivity index (χ0v) is 16.7. The molecule has 0 N–H and O–H groups in total. The van der Waals surface area contributed by atoms with Gasteiger partial charge in [-0.1, -0.05) is 49.6 Å². The molecule has 0 radical (unpaired) electrons. The topological polar surface area (TPSA) is 46.6 Å². The summed E-state index contributed by atoms with van der Waals surface area (Å²) in [6, 6.07) is 10.1. The van der Waals surface area contributed by atoms with Crippen molar-refractivity contribution in [2.75, 3.05) is 13.2 Å². The molecule has 1 aromatic rings. The van der Waals surface area contributed by atoms with Crippen LogP contribution in [0.3, 0.4) is 0 Å². The zero-order chi connectivity index (χ0) is 19.1. The molecular weight excluding hydrogens is 358 g/mol. The molecule has 27 heavy (non-hydrogen) atoms. The fourth-order valence-corrected chi connectivity index (χ4v) is 4.45. The summed E-state index contributed by atoms with van der Waals surface area (Å²) in [4.78, 5) is 27.0. The Morgan fingerprint density at radius 1 is 1.04 bits per heavy atom. The van der Waals surface area contributed by atoms with Crippen molar-refractivity contribution < 1.29 is 14.3 Å². The first-order valence-electron chi connectivity index (χ1n) is 10.2. The standard InChI is InChI=1S/C22H29NO3S/c24-20(18-12-5-2-6-13-18)21(25)23-15-7-14-19(23)22(27)26-16-8-11-17-9-3-1-4-10-17/h1,3-4,9-10,18-19H,2,5-8,11-16H2/t19-/m0/s1. The number of amides is 1. The van der Waals surface area contributed by atoms with Crippen molar-refractivity contribution in [3.63, 3.8) is 0 Å². The SMILES string of the molecule is O=C(C(=O)N1CCC[C@H]1C(=S)OCCCc1ccccc1)C1CCCCC1. The molecule has 1 atom stereocenters. The molecule has 146 valence electrons. The van der Waals surface area contributed by atoms with Crippen LogP contribution in [0.25, 0.3) is 0 Å². The van der Waals surface area contributed by atoms with Crippen molar-refractivity contribution in [3.8, 4) is 0 Å².